The van der Waals surface area contributed by atoms with Crippen LogP contribution in [-0.4, -0.2) is 62.1 Å². The van der Waals surface area contributed by atoms with Crippen LogP contribution in [0.4, 0.5) is 20.2 Å². The molecule has 2 amide bonds. The van der Waals surface area contributed by atoms with Gasteiger partial charge >= 0.3 is 0 Å². The molecule has 0 bridgehead atoms. The normalized spacial score (nSPS) is 16.3. The monoisotopic (exact) mass is 426 g/mol. The van der Waals surface area contributed by atoms with E-state index in [9.17, 15) is 18.4 Å². The number of nitrogens with zero attached hydrogens (tertiary/aromatic N) is 2. The lowest BCUT2D eigenvalue weighted by atomic mass is 9.95. The minimum atomic E-state index is -2.82. The number of nitrogens with two attached hydrogens (primary N) is 1. The van der Waals surface area contributed by atoms with Crippen molar-refractivity contribution in [2.24, 2.45) is 11.1 Å². The lowest BCUT2D eigenvalue weighted by Crippen LogP contribution is -2.51. The molecule has 0 unspecified atom stereocenters. The molecule has 168 valence electrons. The standard InChI is InChI=1S/C21H32F2N4O3/c1-5-26(13-21(2,3)4)17(11-24)20(29)25-16-7-6-14(10-15(16)19(22)23)27-8-9-30-12-18(27)28/h6-7,10,17,19H,5,8-9,11-13,24H2,1-4H3,(H,25,29)/t17-/m1/s1. The van der Waals surface area contributed by atoms with Crippen molar-refractivity contribution in [3.05, 3.63) is 23.8 Å². The van der Waals surface area contributed by atoms with E-state index in [0.29, 0.717) is 31.9 Å². The average Bonchev–Trinajstić information content (AvgIpc) is 2.67. The van der Waals surface area contributed by atoms with Crippen molar-refractivity contribution in [1.29, 1.82) is 0 Å². The highest BCUT2D eigenvalue weighted by Crippen LogP contribution is 2.32. The fourth-order valence-corrected chi connectivity index (χ4v) is 3.49. The minimum Gasteiger partial charge on any atom is -0.370 e. The van der Waals surface area contributed by atoms with Crippen molar-refractivity contribution < 1.29 is 23.1 Å². The third kappa shape index (κ3) is 6.20. The SMILES string of the molecule is CCN(CC(C)(C)C)[C@H](CN)C(=O)Nc1ccc(N2CCOCC2=O)cc1C(F)F. The number of carbonyl (C=O) groups excluding carboxylic acids is 2. The number of benzene rings is 1. The summed E-state index contributed by atoms with van der Waals surface area (Å²) in [6.45, 7) is 9.96. The second kappa shape index (κ2) is 10.3. The molecule has 1 saturated heterocycles. The molecule has 7 nitrogen and oxygen atoms in total. The molecule has 0 aliphatic carbocycles. The summed E-state index contributed by atoms with van der Waals surface area (Å²) in [6, 6.07) is 3.56. The average molecular weight is 427 g/mol. The maximum absolute atomic E-state index is 13.7. The van der Waals surface area contributed by atoms with E-state index in [0.717, 1.165) is 0 Å². The Hall–Kier alpha value is -2.10. The van der Waals surface area contributed by atoms with Crippen molar-refractivity contribution in [3.8, 4) is 0 Å². The molecule has 1 fully saturated rings. The smallest absolute Gasteiger partial charge is 0.265 e. The summed E-state index contributed by atoms with van der Waals surface area (Å²) in [5.41, 5.74) is 5.84. The van der Waals surface area contributed by atoms with E-state index in [1.165, 1.54) is 17.0 Å². The Morgan fingerprint density at radius 3 is 2.60 bits per heavy atom. The molecule has 1 atom stereocenters. The second-order valence-electron chi connectivity index (χ2n) is 8.53. The lowest BCUT2D eigenvalue weighted by molar-refractivity contribution is -0.125. The number of hydrogen-bond acceptors (Lipinski definition) is 5. The van der Waals surface area contributed by atoms with Gasteiger partial charge in [0.05, 0.1) is 6.61 Å². The first-order valence-electron chi connectivity index (χ1n) is 10.1. The first-order valence-corrected chi connectivity index (χ1v) is 10.1. The van der Waals surface area contributed by atoms with E-state index in [2.05, 4.69) is 26.1 Å². The molecule has 1 aromatic rings. The Bertz CT molecular complexity index is 752. The van der Waals surface area contributed by atoms with Crippen LogP contribution in [0.15, 0.2) is 18.2 Å². The van der Waals surface area contributed by atoms with Gasteiger partial charge in [-0.05, 0) is 30.2 Å². The van der Waals surface area contributed by atoms with Crippen LogP contribution in [0.25, 0.3) is 0 Å². The molecular formula is C21H32F2N4O3. The van der Waals surface area contributed by atoms with Gasteiger partial charge in [0.1, 0.15) is 12.6 Å². The number of nitrogens with one attached hydrogen (secondary N) is 1. The van der Waals surface area contributed by atoms with E-state index in [1.54, 1.807) is 6.07 Å². The zero-order valence-electron chi connectivity index (χ0n) is 18.1. The molecular weight excluding hydrogens is 394 g/mol. The number of amides is 2. The number of halogens is 2. The van der Waals surface area contributed by atoms with E-state index < -0.39 is 18.4 Å². The molecule has 2 rings (SSSR count). The quantitative estimate of drug-likeness (QED) is 0.667. The Morgan fingerprint density at radius 2 is 2.07 bits per heavy atom. The van der Waals surface area contributed by atoms with Crippen LogP contribution in [0.5, 0.6) is 0 Å². The first kappa shape index (κ1) is 24.2. The molecule has 0 saturated carbocycles. The fourth-order valence-electron chi connectivity index (χ4n) is 3.49. The summed E-state index contributed by atoms with van der Waals surface area (Å²) in [6.07, 6.45) is -2.82. The number of alkyl halides is 2. The topological polar surface area (TPSA) is 87.9 Å². The largest absolute Gasteiger partial charge is 0.370 e. The van der Waals surface area contributed by atoms with Crippen LogP contribution in [0.2, 0.25) is 0 Å². The zero-order valence-corrected chi connectivity index (χ0v) is 18.1. The van der Waals surface area contributed by atoms with E-state index in [1.807, 2.05) is 11.8 Å². The number of likely N-dealkylation sites (N-methyl/N-ethyl adjacent to an activating group) is 1. The van der Waals surface area contributed by atoms with Crippen molar-refractivity contribution in [3.63, 3.8) is 0 Å². The van der Waals surface area contributed by atoms with Gasteiger partial charge in [0, 0.05) is 36.6 Å². The predicted octanol–water partition coefficient (Wildman–Crippen LogP) is 2.62. The van der Waals surface area contributed by atoms with Gasteiger partial charge in [0.2, 0.25) is 5.91 Å². The maximum atomic E-state index is 13.7. The fraction of sp³-hybridized carbons (Fsp3) is 0.619. The lowest BCUT2D eigenvalue weighted by Gasteiger charge is -2.34. The first-order chi connectivity index (χ1) is 14.1. The van der Waals surface area contributed by atoms with Gasteiger partial charge in [-0.25, -0.2) is 8.78 Å². The van der Waals surface area contributed by atoms with Crippen molar-refractivity contribution >= 4 is 23.2 Å². The third-order valence-corrected chi connectivity index (χ3v) is 4.88. The Kier molecular flexibility index (Phi) is 8.28. The highest BCUT2D eigenvalue weighted by atomic mass is 19.3. The number of anilines is 2. The Balaban J connectivity index is 2.25. The number of carbonyl (C=O) groups is 2. The predicted molar refractivity (Wildman–Crippen MR) is 113 cm³/mol. The molecule has 3 N–H and O–H groups in total. The molecule has 1 aliphatic rings. The summed E-state index contributed by atoms with van der Waals surface area (Å²) < 4.78 is 32.6. The number of rotatable bonds is 8. The molecule has 1 aliphatic heterocycles. The van der Waals surface area contributed by atoms with Crippen LogP contribution >= 0.6 is 0 Å². The van der Waals surface area contributed by atoms with Gasteiger partial charge in [-0.2, -0.15) is 0 Å². The van der Waals surface area contributed by atoms with Gasteiger partial charge in [-0.1, -0.05) is 27.7 Å². The summed E-state index contributed by atoms with van der Waals surface area (Å²) in [4.78, 5) is 28.2. The van der Waals surface area contributed by atoms with Gasteiger partial charge < -0.3 is 20.7 Å². The molecule has 1 aromatic carbocycles. The van der Waals surface area contributed by atoms with Crippen molar-refractivity contribution in [2.75, 3.05) is 49.6 Å². The summed E-state index contributed by atoms with van der Waals surface area (Å²) in [7, 11) is 0. The van der Waals surface area contributed by atoms with Crippen molar-refractivity contribution in [1.82, 2.24) is 4.90 Å². The number of hydrogen-bond donors (Lipinski definition) is 2. The second-order valence-corrected chi connectivity index (χ2v) is 8.53. The zero-order chi connectivity index (χ0) is 22.5. The molecule has 30 heavy (non-hydrogen) atoms. The number of morpholine rings is 1. The van der Waals surface area contributed by atoms with Gasteiger partial charge in [-0.15, -0.1) is 0 Å². The Labute approximate surface area is 176 Å². The van der Waals surface area contributed by atoms with Crippen LogP contribution < -0.4 is 16.0 Å². The number of ether oxygens (including phenoxy) is 1. The van der Waals surface area contributed by atoms with Gasteiger partial charge in [-0.3, -0.25) is 14.5 Å². The van der Waals surface area contributed by atoms with E-state index in [4.69, 9.17) is 10.5 Å². The maximum Gasteiger partial charge on any atom is 0.265 e. The molecule has 0 radical (unpaired) electrons. The van der Waals surface area contributed by atoms with Gasteiger partial charge in [0.15, 0.2) is 0 Å². The summed E-state index contributed by atoms with van der Waals surface area (Å²) in [5, 5.41) is 2.62. The van der Waals surface area contributed by atoms with Crippen LogP contribution in [0.1, 0.15) is 39.7 Å². The van der Waals surface area contributed by atoms with Crippen LogP contribution in [-0.2, 0) is 14.3 Å². The van der Waals surface area contributed by atoms with Crippen molar-refractivity contribution in [2.45, 2.75) is 40.2 Å². The van der Waals surface area contributed by atoms with Crippen LogP contribution in [0, 0.1) is 5.41 Å². The summed E-state index contributed by atoms with van der Waals surface area (Å²) in [5.74, 6) is -0.720. The minimum absolute atomic E-state index is 0.0183. The van der Waals surface area contributed by atoms with E-state index >= 15 is 0 Å². The molecule has 0 aromatic heterocycles. The highest BCUT2D eigenvalue weighted by Gasteiger charge is 2.29. The summed E-state index contributed by atoms with van der Waals surface area (Å²) >= 11 is 0. The van der Waals surface area contributed by atoms with Gasteiger partial charge in [0.25, 0.3) is 12.3 Å². The molecule has 9 heteroatoms. The Morgan fingerprint density at radius 1 is 1.37 bits per heavy atom. The van der Waals surface area contributed by atoms with E-state index in [-0.39, 0.29) is 35.7 Å². The highest BCUT2D eigenvalue weighted by molar-refractivity contribution is 5.97. The van der Waals surface area contributed by atoms with Crippen LogP contribution in [0.3, 0.4) is 0 Å². The molecule has 1 heterocycles. The molecule has 0 spiro atoms. The third-order valence-electron chi connectivity index (χ3n) is 4.88.